The Kier molecular flexibility index (Phi) is 3.83. The predicted octanol–water partition coefficient (Wildman–Crippen LogP) is 1.76. The lowest BCUT2D eigenvalue weighted by Gasteiger charge is -2.08. The number of aromatic nitrogens is 1. The SMILES string of the molecule is N#Cc1ccc(NS(=O)(=O)c2ccc(C#N)nc2)c(F)c1. The van der Waals surface area contributed by atoms with E-state index in [0.29, 0.717) is 0 Å². The molecule has 0 atom stereocenters. The molecule has 0 radical (unpaired) electrons. The van der Waals surface area contributed by atoms with Crippen molar-refractivity contribution in [1.82, 2.24) is 4.98 Å². The van der Waals surface area contributed by atoms with E-state index in [-0.39, 0.29) is 21.8 Å². The van der Waals surface area contributed by atoms with Gasteiger partial charge < -0.3 is 0 Å². The number of halogens is 1. The van der Waals surface area contributed by atoms with Crippen molar-refractivity contribution >= 4 is 15.7 Å². The van der Waals surface area contributed by atoms with Gasteiger partial charge in [-0.25, -0.2) is 17.8 Å². The second-order valence-electron chi connectivity index (χ2n) is 3.90. The molecule has 0 unspecified atom stereocenters. The molecule has 0 aliphatic rings. The Morgan fingerprint density at radius 1 is 1.14 bits per heavy atom. The topological polar surface area (TPSA) is 107 Å². The molecule has 8 heteroatoms. The first kappa shape index (κ1) is 14.4. The summed E-state index contributed by atoms with van der Waals surface area (Å²) >= 11 is 0. The zero-order valence-electron chi connectivity index (χ0n) is 10.4. The van der Waals surface area contributed by atoms with Crippen molar-refractivity contribution in [3.8, 4) is 12.1 Å². The molecule has 104 valence electrons. The monoisotopic (exact) mass is 302 g/mol. The average Bonchev–Trinajstić information content (AvgIpc) is 2.49. The molecule has 0 saturated heterocycles. The molecule has 2 aromatic rings. The Morgan fingerprint density at radius 2 is 1.90 bits per heavy atom. The first-order valence-corrected chi connectivity index (χ1v) is 7.03. The van der Waals surface area contributed by atoms with E-state index < -0.39 is 15.8 Å². The Labute approximate surface area is 120 Å². The first-order chi connectivity index (χ1) is 9.96. The number of hydrogen-bond donors (Lipinski definition) is 1. The molecule has 21 heavy (non-hydrogen) atoms. The molecular formula is C13H7FN4O2S. The summed E-state index contributed by atoms with van der Waals surface area (Å²) in [5.41, 5.74) is -0.132. The Balaban J connectivity index is 2.33. The van der Waals surface area contributed by atoms with Gasteiger partial charge in [0.2, 0.25) is 0 Å². The highest BCUT2D eigenvalue weighted by Crippen LogP contribution is 2.19. The third-order valence-electron chi connectivity index (χ3n) is 2.50. The summed E-state index contributed by atoms with van der Waals surface area (Å²) in [6, 6.07) is 9.30. The molecule has 0 fully saturated rings. The number of anilines is 1. The van der Waals surface area contributed by atoms with Gasteiger partial charge in [0.05, 0.1) is 17.3 Å². The van der Waals surface area contributed by atoms with Crippen LogP contribution in [0.25, 0.3) is 0 Å². The van der Waals surface area contributed by atoms with Crippen LogP contribution in [0.4, 0.5) is 10.1 Å². The molecule has 0 saturated carbocycles. The molecule has 1 N–H and O–H groups in total. The van der Waals surface area contributed by atoms with Gasteiger partial charge in [0.1, 0.15) is 22.5 Å². The lowest BCUT2D eigenvalue weighted by molar-refractivity contribution is 0.598. The molecule has 0 aliphatic heterocycles. The largest absolute Gasteiger partial charge is 0.277 e. The van der Waals surface area contributed by atoms with Crippen LogP contribution in [0.5, 0.6) is 0 Å². The maximum absolute atomic E-state index is 13.7. The van der Waals surface area contributed by atoms with Crippen molar-refractivity contribution in [2.75, 3.05) is 4.72 Å². The molecule has 0 amide bonds. The minimum atomic E-state index is -4.03. The lowest BCUT2D eigenvalue weighted by atomic mass is 10.2. The van der Waals surface area contributed by atoms with Gasteiger partial charge in [-0.05, 0) is 30.3 Å². The number of nitrogens with one attached hydrogen (secondary N) is 1. The van der Waals surface area contributed by atoms with Crippen molar-refractivity contribution in [3.63, 3.8) is 0 Å². The third-order valence-corrected chi connectivity index (χ3v) is 3.85. The first-order valence-electron chi connectivity index (χ1n) is 5.55. The summed E-state index contributed by atoms with van der Waals surface area (Å²) in [5.74, 6) is -0.862. The summed E-state index contributed by atoms with van der Waals surface area (Å²) in [5, 5.41) is 17.2. The van der Waals surface area contributed by atoms with Gasteiger partial charge in [0.25, 0.3) is 10.0 Å². The highest BCUT2D eigenvalue weighted by molar-refractivity contribution is 7.92. The lowest BCUT2D eigenvalue weighted by Crippen LogP contribution is -2.14. The highest BCUT2D eigenvalue weighted by Gasteiger charge is 2.17. The number of pyridine rings is 1. The predicted molar refractivity (Wildman–Crippen MR) is 70.9 cm³/mol. The molecule has 2 rings (SSSR count). The van der Waals surface area contributed by atoms with Crippen molar-refractivity contribution in [1.29, 1.82) is 10.5 Å². The van der Waals surface area contributed by atoms with Gasteiger partial charge in [-0.15, -0.1) is 0 Å². The van der Waals surface area contributed by atoms with Crippen LogP contribution in [0.1, 0.15) is 11.3 Å². The van der Waals surface area contributed by atoms with Gasteiger partial charge in [-0.2, -0.15) is 10.5 Å². The normalized spacial score (nSPS) is 10.4. The molecule has 1 aromatic heterocycles. The van der Waals surface area contributed by atoms with Gasteiger partial charge in [0, 0.05) is 6.20 Å². The number of rotatable bonds is 3. The average molecular weight is 302 g/mol. The highest BCUT2D eigenvalue weighted by atomic mass is 32.2. The van der Waals surface area contributed by atoms with Crippen LogP contribution in [-0.4, -0.2) is 13.4 Å². The van der Waals surface area contributed by atoms with Crippen LogP contribution in [-0.2, 0) is 10.0 Å². The number of sulfonamides is 1. The van der Waals surface area contributed by atoms with Crippen LogP contribution in [0.15, 0.2) is 41.4 Å². The molecule has 1 aromatic carbocycles. The Morgan fingerprint density at radius 3 is 2.43 bits per heavy atom. The van der Waals surface area contributed by atoms with Gasteiger partial charge in [0.15, 0.2) is 0 Å². The maximum Gasteiger partial charge on any atom is 0.263 e. The molecular weight excluding hydrogens is 295 g/mol. The summed E-state index contributed by atoms with van der Waals surface area (Å²) < 4.78 is 39.8. The number of benzene rings is 1. The second-order valence-corrected chi connectivity index (χ2v) is 5.59. The van der Waals surface area contributed by atoms with Crippen molar-refractivity contribution < 1.29 is 12.8 Å². The molecule has 0 aliphatic carbocycles. The quantitative estimate of drug-likeness (QED) is 0.929. The summed E-state index contributed by atoms with van der Waals surface area (Å²) in [6.07, 6.45) is 1.00. The van der Waals surface area contributed by atoms with Crippen molar-refractivity contribution in [2.24, 2.45) is 0 Å². The smallest absolute Gasteiger partial charge is 0.263 e. The van der Waals surface area contributed by atoms with Crippen molar-refractivity contribution in [3.05, 3.63) is 53.6 Å². The molecule has 0 bridgehead atoms. The van der Waals surface area contributed by atoms with E-state index in [1.807, 2.05) is 0 Å². The van der Waals surface area contributed by atoms with E-state index in [4.69, 9.17) is 10.5 Å². The fraction of sp³-hybridized carbons (Fsp3) is 0. The summed E-state index contributed by atoms with van der Waals surface area (Å²) in [6.45, 7) is 0. The van der Waals surface area contributed by atoms with E-state index in [9.17, 15) is 12.8 Å². The summed E-state index contributed by atoms with van der Waals surface area (Å²) in [4.78, 5) is 3.43. The van der Waals surface area contributed by atoms with Gasteiger partial charge in [-0.3, -0.25) is 4.72 Å². The van der Waals surface area contributed by atoms with Crippen LogP contribution < -0.4 is 4.72 Å². The zero-order valence-corrected chi connectivity index (χ0v) is 11.2. The van der Waals surface area contributed by atoms with Crippen LogP contribution >= 0.6 is 0 Å². The second kappa shape index (κ2) is 5.57. The van der Waals surface area contributed by atoms with Gasteiger partial charge >= 0.3 is 0 Å². The fourth-order valence-corrected chi connectivity index (χ4v) is 2.49. The molecule has 1 heterocycles. The van der Waals surface area contributed by atoms with E-state index in [2.05, 4.69) is 9.71 Å². The fourth-order valence-electron chi connectivity index (χ4n) is 1.48. The number of nitrogens with zero attached hydrogens (tertiary/aromatic N) is 3. The van der Waals surface area contributed by atoms with Crippen LogP contribution in [0.2, 0.25) is 0 Å². The van der Waals surface area contributed by atoms with E-state index in [0.717, 1.165) is 18.3 Å². The Bertz CT molecular complexity index is 865. The van der Waals surface area contributed by atoms with E-state index in [1.54, 1.807) is 12.1 Å². The number of nitriles is 2. The molecule has 6 nitrogen and oxygen atoms in total. The minimum absolute atomic E-state index is 0.0681. The minimum Gasteiger partial charge on any atom is -0.277 e. The maximum atomic E-state index is 13.7. The molecule has 0 spiro atoms. The zero-order chi connectivity index (χ0) is 15.5. The van der Waals surface area contributed by atoms with E-state index >= 15 is 0 Å². The third kappa shape index (κ3) is 3.14. The number of hydrogen-bond acceptors (Lipinski definition) is 5. The van der Waals surface area contributed by atoms with Gasteiger partial charge in [-0.1, -0.05) is 0 Å². The van der Waals surface area contributed by atoms with Crippen molar-refractivity contribution in [2.45, 2.75) is 4.90 Å². The standard InChI is InChI=1S/C13H7FN4O2S/c14-12-5-9(6-15)1-4-13(12)18-21(19,20)11-3-2-10(7-16)17-8-11/h1-5,8,18H. The van der Waals surface area contributed by atoms with Crippen LogP contribution in [0, 0.1) is 28.5 Å². The summed E-state index contributed by atoms with van der Waals surface area (Å²) in [7, 11) is -4.03. The van der Waals surface area contributed by atoms with E-state index in [1.165, 1.54) is 18.2 Å². The Hall–Kier alpha value is -2.97. The van der Waals surface area contributed by atoms with Crippen LogP contribution in [0.3, 0.4) is 0 Å².